The van der Waals surface area contributed by atoms with Crippen molar-refractivity contribution in [1.82, 2.24) is 23.9 Å². The lowest BCUT2D eigenvalue weighted by Gasteiger charge is -2.16. The number of anilines is 3. The molecule has 3 heterocycles. The zero-order chi connectivity index (χ0) is 32.1. The summed E-state index contributed by atoms with van der Waals surface area (Å²) in [6.45, 7) is 11.3. The van der Waals surface area contributed by atoms with E-state index in [1.807, 2.05) is 48.7 Å². The fourth-order valence-electron chi connectivity index (χ4n) is 4.64. The largest absolute Gasteiger partial charge is 0.351 e. The van der Waals surface area contributed by atoms with Crippen molar-refractivity contribution >= 4 is 40.7 Å². The number of carbonyl (C=O) groups is 4. The Morgan fingerprint density at radius 3 is 1.79 bits per heavy atom. The lowest BCUT2D eigenvalue weighted by molar-refractivity contribution is -0.117. The highest BCUT2D eigenvalue weighted by Gasteiger charge is 2.21. The molecule has 4 amide bonds. The molecule has 0 bridgehead atoms. The van der Waals surface area contributed by atoms with Crippen molar-refractivity contribution in [2.75, 3.05) is 43.1 Å². The highest BCUT2D eigenvalue weighted by molar-refractivity contribution is 6.07. The van der Waals surface area contributed by atoms with E-state index in [-0.39, 0.29) is 35.1 Å². The van der Waals surface area contributed by atoms with Crippen molar-refractivity contribution in [3.8, 4) is 0 Å². The van der Waals surface area contributed by atoms with Crippen LogP contribution in [0.15, 0.2) is 36.8 Å². The lowest BCUT2D eigenvalue weighted by Crippen LogP contribution is -2.28. The van der Waals surface area contributed by atoms with Crippen LogP contribution in [0.5, 0.6) is 0 Å². The van der Waals surface area contributed by atoms with Gasteiger partial charge in [0.15, 0.2) is 0 Å². The molecule has 0 aliphatic carbocycles. The minimum absolute atomic E-state index is 0.0645. The first-order chi connectivity index (χ1) is 20.0. The Morgan fingerprint density at radius 1 is 0.767 bits per heavy atom. The first-order valence-corrected chi connectivity index (χ1v) is 14.4. The molecule has 12 heteroatoms. The molecule has 0 fully saturated rings. The number of carbonyl (C=O) groups excluding carboxylic acids is 4. The summed E-state index contributed by atoms with van der Waals surface area (Å²) in [6.07, 6.45) is 6.27. The average Bonchev–Trinajstić information content (AvgIpc) is 3.56. The van der Waals surface area contributed by atoms with Crippen LogP contribution >= 0.6 is 0 Å². The third-order valence-corrected chi connectivity index (χ3v) is 6.67. The molecule has 3 aromatic rings. The SMILES string of the molecule is CC(C)n1cc(NC(=O)c2cc(NC(=O)CC(C)(C)C)cn2C)cc1C(=O)Nc1cc(C(=O)NCCCN(C)C)n(C)c1. The summed E-state index contributed by atoms with van der Waals surface area (Å²) in [5, 5.41) is 11.5. The van der Waals surface area contributed by atoms with E-state index in [0.29, 0.717) is 47.1 Å². The van der Waals surface area contributed by atoms with Crippen molar-refractivity contribution in [3.63, 3.8) is 0 Å². The molecule has 0 radical (unpaired) electrons. The summed E-state index contributed by atoms with van der Waals surface area (Å²) < 4.78 is 5.08. The normalized spacial score (nSPS) is 11.6. The van der Waals surface area contributed by atoms with E-state index >= 15 is 0 Å². The van der Waals surface area contributed by atoms with Crippen LogP contribution in [0.1, 0.15) is 85.0 Å². The molecule has 0 saturated heterocycles. The Morgan fingerprint density at radius 2 is 1.26 bits per heavy atom. The van der Waals surface area contributed by atoms with Crippen LogP contribution in [0.25, 0.3) is 0 Å². The molecule has 0 aliphatic rings. The Hall–Kier alpha value is -4.32. The van der Waals surface area contributed by atoms with Crippen LogP contribution < -0.4 is 21.3 Å². The summed E-state index contributed by atoms with van der Waals surface area (Å²) in [4.78, 5) is 53.5. The van der Waals surface area contributed by atoms with Gasteiger partial charge in [-0.3, -0.25) is 19.2 Å². The van der Waals surface area contributed by atoms with E-state index in [9.17, 15) is 19.2 Å². The van der Waals surface area contributed by atoms with Crippen molar-refractivity contribution < 1.29 is 19.2 Å². The minimum Gasteiger partial charge on any atom is -0.351 e. The number of amides is 4. The lowest BCUT2D eigenvalue weighted by atomic mass is 9.92. The number of aryl methyl sites for hydroxylation is 2. The van der Waals surface area contributed by atoms with Crippen molar-refractivity contribution in [2.24, 2.45) is 19.5 Å². The molecule has 0 saturated carbocycles. The second-order valence-electron chi connectivity index (χ2n) is 12.7. The average molecular weight is 595 g/mol. The summed E-state index contributed by atoms with van der Waals surface area (Å²) in [7, 11) is 7.44. The van der Waals surface area contributed by atoms with E-state index in [2.05, 4.69) is 26.2 Å². The second-order valence-corrected chi connectivity index (χ2v) is 12.7. The monoisotopic (exact) mass is 594 g/mol. The van der Waals surface area contributed by atoms with Gasteiger partial charge in [-0.2, -0.15) is 0 Å². The maximum atomic E-state index is 13.3. The Labute approximate surface area is 253 Å². The molecule has 4 N–H and O–H groups in total. The van der Waals surface area contributed by atoms with E-state index in [0.717, 1.165) is 13.0 Å². The van der Waals surface area contributed by atoms with E-state index in [1.54, 1.807) is 64.6 Å². The molecular formula is C31H46N8O4. The number of aromatic nitrogens is 3. The van der Waals surface area contributed by atoms with E-state index < -0.39 is 0 Å². The Bertz CT molecular complexity index is 1470. The van der Waals surface area contributed by atoms with Gasteiger partial charge >= 0.3 is 0 Å². The quantitative estimate of drug-likeness (QED) is 0.232. The molecule has 0 aromatic carbocycles. The number of nitrogens with one attached hydrogen (secondary N) is 4. The number of hydrogen-bond donors (Lipinski definition) is 4. The van der Waals surface area contributed by atoms with Gasteiger partial charge in [0.25, 0.3) is 17.7 Å². The number of hydrogen-bond acceptors (Lipinski definition) is 5. The smallest absolute Gasteiger partial charge is 0.272 e. The first kappa shape index (κ1) is 33.2. The van der Waals surface area contributed by atoms with Gasteiger partial charge in [-0.1, -0.05) is 20.8 Å². The summed E-state index contributed by atoms with van der Waals surface area (Å²) in [6, 6.07) is 4.81. The standard InChI is InChI=1S/C31H46N8O4/c1-20(2)39-19-23(35-29(42)25-13-21(17-38(25)9)33-27(40)16-31(3,4)5)15-26(39)30(43)34-22-14-24(37(8)18-22)28(41)32-11-10-12-36(6)7/h13-15,17-20H,10-12,16H2,1-9H3,(H,32,41)(H,33,40)(H,34,43)(H,35,42). The van der Waals surface area contributed by atoms with Gasteiger partial charge in [-0.05, 0) is 64.5 Å². The van der Waals surface area contributed by atoms with Crippen LogP contribution in [-0.4, -0.2) is 69.4 Å². The van der Waals surface area contributed by atoms with Gasteiger partial charge in [0, 0.05) is 51.7 Å². The second kappa shape index (κ2) is 13.8. The molecule has 12 nitrogen and oxygen atoms in total. The van der Waals surface area contributed by atoms with Crippen LogP contribution in [0.4, 0.5) is 17.1 Å². The highest BCUT2D eigenvalue weighted by Crippen LogP contribution is 2.24. The zero-order valence-electron chi connectivity index (χ0n) is 26.8. The van der Waals surface area contributed by atoms with Gasteiger partial charge in [-0.25, -0.2) is 0 Å². The van der Waals surface area contributed by atoms with Crippen LogP contribution in [0.3, 0.4) is 0 Å². The van der Waals surface area contributed by atoms with Gasteiger partial charge in [0.05, 0.1) is 17.1 Å². The summed E-state index contributed by atoms with van der Waals surface area (Å²) in [5.74, 6) is -1.09. The third-order valence-electron chi connectivity index (χ3n) is 6.67. The Balaban J connectivity index is 1.70. The highest BCUT2D eigenvalue weighted by atomic mass is 16.2. The maximum absolute atomic E-state index is 13.3. The fraction of sp³-hybridized carbons (Fsp3) is 0.484. The molecule has 0 atom stereocenters. The van der Waals surface area contributed by atoms with Crippen molar-refractivity contribution in [2.45, 2.75) is 53.5 Å². The molecule has 3 rings (SSSR count). The topological polar surface area (TPSA) is 134 Å². The van der Waals surface area contributed by atoms with Crippen LogP contribution in [0, 0.1) is 5.41 Å². The molecule has 0 unspecified atom stereocenters. The third kappa shape index (κ3) is 9.34. The van der Waals surface area contributed by atoms with Crippen molar-refractivity contribution in [3.05, 3.63) is 53.9 Å². The molecule has 43 heavy (non-hydrogen) atoms. The van der Waals surface area contributed by atoms with Gasteiger partial charge in [0.1, 0.15) is 17.1 Å². The summed E-state index contributed by atoms with van der Waals surface area (Å²) >= 11 is 0. The van der Waals surface area contributed by atoms with Crippen LogP contribution in [0.2, 0.25) is 0 Å². The minimum atomic E-state index is -0.379. The van der Waals surface area contributed by atoms with Gasteiger partial charge < -0.3 is 39.9 Å². The fourth-order valence-corrected chi connectivity index (χ4v) is 4.64. The number of rotatable bonds is 12. The Kier molecular flexibility index (Phi) is 10.6. The zero-order valence-corrected chi connectivity index (χ0v) is 26.8. The van der Waals surface area contributed by atoms with Gasteiger partial charge in [0.2, 0.25) is 5.91 Å². The van der Waals surface area contributed by atoms with Crippen molar-refractivity contribution in [1.29, 1.82) is 0 Å². The molecule has 0 aliphatic heterocycles. The van der Waals surface area contributed by atoms with E-state index in [4.69, 9.17) is 0 Å². The van der Waals surface area contributed by atoms with E-state index in [1.165, 1.54) is 0 Å². The predicted molar refractivity (Wildman–Crippen MR) is 170 cm³/mol. The molecular weight excluding hydrogens is 548 g/mol. The predicted octanol–water partition coefficient (Wildman–Crippen LogP) is 4.31. The molecule has 0 spiro atoms. The summed E-state index contributed by atoms with van der Waals surface area (Å²) in [5.41, 5.74) is 2.45. The molecule has 3 aromatic heterocycles. The molecule has 234 valence electrons. The maximum Gasteiger partial charge on any atom is 0.272 e. The number of nitrogens with zero attached hydrogens (tertiary/aromatic N) is 4. The van der Waals surface area contributed by atoms with Crippen LogP contribution in [-0.2, 0) is 18.9 Å². The first-order valence-electron chi connectivity index (χ1n) is 14.4. The van der Waals surface area contributed by atoms with Gasteiger partial charge in [-0.15, -0.1) is 0 Å².